The fourth-order valence-corrected chi connectivity index (χ4v) is 2.00. The van der Waals surface area contributed by atoms with E-state index in [2.05, 4.69) is 9.98 Å². The van der Waals surface area contributed by atoms with Crippen molar-refractivity contribution in [3.05, 3.63) is 59.6 Å². The van der Waals surface area contributed by atoms with Crippen LogP contribution in [0.4, 0.5) is 5.69 Å². The van der Waals surface area contributed by atoms with E-state index >= 15 is 0 Å². The summed E-state index contributed by atoms with van der Waals surface area (Å²) in [6.07, 6.45) is 3.16. The highest BCUT2D eigenvalue weighted by atomic mass is 16.5. The van der Waals surface area contributed by atoms with Crippen molar-refractivity contribution in [3.8, 4) is 17.2 Å². The van der Waals surface area contributed by atoms with Crippen LogP contribution in [-0.2, 0) is 0 Å². The van der Waals surface area contributed by atoms with E-state index in [1.807, 2.05) is 36.4 Å². The molecule has 0 saturated carbocycles. The Labute approximate surface area is 103 Å². The van der Waals surface area contributed by atoms with Crippen molar-refractivity contribution < 1.29 is 9.47 Å². The monoisotopic (exact) mass is 236 g/mol. The van der Waals surface area contributed by atoms with Gasteiger partial charge in [-0.3, -0.25) is 0 Å². The van der Waals surface area contributed by atoms with Gasteiger partial charge < -0.3 is 9.47 Å². The number of ether oxygens (including phenoxy) is 2. The van der Waals surface area contributed by atoms with E-state index in [4.69, 9.17) is 9.47 Å². The highest BCUT2D eigenvalue weighted by Gasteiger charge is 2.14. The summed E-state index contributed by atoms with van der Waals surface area (Å²) in [5.41, 5.74) is 0.827. The summed E-state index contributed by atoms with van der Waals surface area (Å²) in [7, 11) is 0. The molecule has 0 N–H and O–H groups in total. The van der Waals surface area contributed by atoms with Gasteiger partial charge in [0.2, 0.25) is 0 Å². The SMILES string of the molecule is C1=COc2cc3c(cc2=N1)Oc1ccccc1N=3. The molecule has 0 amide bonds. The molecule has 4 rings (SSSR count). The van der Waals surface area contributed by atoms with Gasteiger partial charge in [0, 0.05) is 12.1 Å². The predicted octanol–water partition coefficient (Wildman–Crippen LogP) is 2.23. The van der Waals surface area contributed by atoms with Crippen LogP contribution in [0, 0.1) is 0 Å². The minimum absolute atomic E-state index is 0.697. The van der Waals surface area contributed by atoms with Crippen molar-refractivity contribution in [1.82, 2.24) is 0 Å². The first-order valence-corrected chi connectivity index (χ1v) is 5.59. The van der Waals surface area contributed by atoms with Crippen LogP contribution in [0.1, 0.15) is 0 Å². The van der Waals surface area contributed by atoms with Crippen LogP contribution in [0.5, 0.6) is 17.2 Å². The summed E-state index contributed by atoms with van der Waals surface area (Å²) in [5.74, 6) is 2.16. The molecule has 2 heterocycles. The summed E-state index contributed by atoms with van der Waals surface area (Å²) >= 11 is 0. The van der Waals surface area contributed by atoms with Crippen LogP contribution < -0.4 is 20.2 Å². The Morgan fingerprint density at radius 3 is 2.78 bits per heavy atom. The molecule has 2 aromatic carbocycles. The normalized spacial score (nSPS) is 14.0. The van der Waals surface area contributed by atoms with Gasteiger partial charge in [0.15, 0.2) is 17.2 Å². The molecule has 4 nitrogen and oxygen atoms in total. The zero-order valence-corrected chi connectivity index (χ0v) is 9.33. The Balaban J connectivity index is 2.02. The molecule has 0 bridgehead atoms. The lowest BCUT2D eigenvalue weighted by atomic mass is 10.2. The Morgan fingerprint density at radius 1 is 0.889 bits per heavy atom. The molecule has 0 aromatic heterocycles. The van der Waals surface area contributed by atoms with Crippen LogP contribution >= 0.6 is 0 Å². The Bertz CT molecular complexity index is 794. The Morgan fingerprint density at radius 2 is 1.78 bits per heavy atom. The van der Waals surface area contributed by atoms with E-state index in [9.17, 15) is 0 Å². The van der Waals surface area contributed by atoms with Crippen LogP contribution in [0.25, 0.3) is 0 Å². The number of fused-ring (bicyclic) bond motifs is 3. The third-order valence-electron chi connectivity index (χ3n) is 2.84. The first kappa shape index (κ1) is 9.41. The molecule has 0 atom stereocenters. The largest absolute Gasteiger partial charge is 0.461 e. The van der Waals surface area contributed by atoms with E-state index in [1.165, 1.54) is 0 Å². The number of benzene rings is 2. The van der Waals surface area contributed by atoms with Gasteiger partial charge in [0.1, 0.15) is 22.7 Å². The molecule has 4 heteroatoms. The summed E-state index contributed by atoms with van der Waals surface area (Å²) in [6.45, 7) is 0. The lowest BCUT2D eigenvalue weighted by Gasteiger charge is -2.14. The third kappa shape index (κ3) is 1.32. The van der Waals surface area contributed by atoms with Gasteiger partial charge in [-0.15, -0.1) is 0 Å². The zero-order valence-electron chi connectivity index (χ0n) is 9.33. The van der Waals surface area contributed by atoms with Crippen LogP contribution in [0.2, 0.25) is 0 Å². The van der Waals surface area contributed by atoms with Gasteiger partial charge in [-0.25, -0.2) is 9.98 Å². The number of hydrogen-bond acceptors (Lipinski definition) is 4. The number of nitrogens with zero attached hydrogens (tertiary/aromatic N) is 2. The highest BCUT2D eigenvalue weighted by Crippen LogP contribution is 2.33. The Kier molecular flexibility index (Phi) is 1.80. The van der Waals surface area contributed by atoms with Crippen molar-refractivity contribution in [2.45, 2.75) is 0 Å². The van der Waals surface area contributed by atoms with Crippen molar-refractivity contribution in [1.29, 1.82) is 0 Å². The Hall–Kier alpha value is -2.62. The van der Waals surface area contributed by atoms with Crippen LogP contribution in [-0.4, -0.2) is 0 Å². The minimum atomic E-state index is 0.697. The van der Waals surface area contributed by atoms with Crippen molar-refractivity contribution >= 4 is 5.69 Å². The van der Waals surface area contributed by atoms with E-state index in [1.54, 1.807) is 12.5 Å². The minimum Gasteiger partial charge on any atom is -0.461 e. The maximum Gasteiger partial charge on any atom is 0.155 e. The van der Waals surface area contributed by atoms with Gasteiger partial charge in [-0.05, 0) is 12.1 Å². The molecule has 2 aliphatic heterocycles. The maximum atomic E-state index is 5.81. The molecule has 0 fully saturated rings. The average molecular weight is 236 g/mol. The number of rotatable bonds is 0. The summed E-state index contributed by atoms with van der Waals surface area (Å²) in [4.78, 5) is 8.78. The molecule has 2 aliphatic rings. The summed E-state index contributed by atoms with van der Waals surface area (Å²) in [6, 6.07) is 11.4. The van der Waals surface area contributed by atoms with E-state index in [0.717, 1.165) is 22.2 Å². The van der Waals surface area contributed by atoms with Crippen molar-refractivity contribution in [2.24, 2.45) is 9.98 Å². The molecule has 2 aromatic rings. The first-order chi connectivity index (χ1) is 8.90. The van der Waals surface area contributed by atoms with Gasteiger partial charge in [0.05, 0.1) is 6.20 Å². The zero-order chi connectivity index (χ0) is 11.9. The van der Waals surface area contributed by atoms with Gasteiger partial charge >= 0.3 is 0 Å². The van der Waals surface area contributed by atoms with E-state index in [0.29, 0.717) is 11.5 Å². The smallest absolute Gasteiger partial charge is 0.155 e. The fourth-order valence-electron chi connectivity index (χ4n) is 2.00. The molecule has 0 aliphatic carbocycles. The quantitative estimate of drug-likeness (QED) is 0.600. The molecular weight excluding hydrogens is 228 g/mol. The molecular formula is C14H8N2O2. The van der Waals surface area contributed by atoms with Crippen molar-refractivity contribution in [3.63, 3.8) is 0 Å². The average Bonchev–Trinajstić information content (AvgIpc) is 2.42. The standard InChI is InChI=1S/C14H8N2O2/c1-2-4-12-9(3-1)16-11-8-13-10(7-14(11)18-12)15-5-6-17-13/h1-8H. The number of para-hydroxylation sites is 2. The molecule has 0 spiro atoms. The van der Waals surface area contributed by atoms with E-state index in [-0.39, 0.29) is 0 Å². The van der Waals surface area contributed by atoms with Crippen LogP contribution in [0.3, 0.4) is 0 Å². The fraction of sp³-hybridized carbons (Fsp3) is 0. The van der Waals surface area contributed by atoms with Crippen molar-refractivity contribution in [2.75, 3.05) is 0 Å². The second kappa shape index (κ2) is 3.43. The first-order valence-electron chi connectivity index (χ1n) is 5.59. The maximum absolute atomic E-state index is 5.81. The molecule has 18 heavy (non-hydrogen) atoms. The highest BCUT2D eigenvalue weighted by molar-refractivity contribution is 5.56. The molecule has 0 radical (unpaired) electrons. The van der Waals surface area contributed by atoms with Gasteiger partial charge in [-0.2, -0.15) is 0 Å². The lowest BCUT2D eigenvalue weighted by molar-refractivity contribution is 0.448. The van der Waals surface area contributed by atoms with E-state index < -0.39 is 0 Å². The summed E-state index contributed by atoms with van der Waals surface area (Å²) < 4.78 is 11.2. The van der Waals surface area contributed by atoms with Gasteiger partial charge in [-0.1, -0.05) is 12.1 Å². The lowest BCUT2D eigenvalue weighted by Crippen LogP contribution is -2.18. The third-order valence-corrected chi connectivity index (χ3v) is 2.84. The topological polar surface area (TPSA) is 43.2 Å². The van der Waals surface area contributed by atoms with Crippen LogP contribution in [0.15, 0.2) is 58.8 Å². The van der Waals surface area contributed by atoms with Gasteiger partial charge in [0.25, 0.3) is 0 Å². The molecule has 0 saturated heterocycles. The second-order valence-corrected chi connectivity index (χ2v) is 4.00. The number of hydrogen-bond donors (Lipinski definition) is 0. The second-order valence-electron chi connectivity index (χ2n) is 4.00. The summed E-state index contributed by atoms with van der Waals surface area (Å²) in [5, 5.41) is 1.52. The predicted molar refractivity (Wildman–Crippen MR) is 64.7 cm³/mol. The molecule has 0 unspecified atom stereocenters. The molecule has 86 valence electrons.